The van der Waals surface area contributed by atoms with Crippen LogP contribution in [0.2, 0.25) is 0 Å². The molecule has 0 radical (unpaired) electrons. The van der Waals surface area contributed by atoms with Crippen LogP contribution in [0.15, 0.2) is 35.2 Å². The molecular formula is C23H23N5O2S2. The Balaban J connectivity index is 1.41. The van der Waals surface area contributed by atoms with Crippen molar-refractivity contribution in [3.8, 4) is 0 Å². The monoisotopic (exact) mass is 465 g/mol. The molecule has 1 unspecified atom stereocenters. The van der Waals surface area contributed by atoms with Crippen LogP contribution < -0.4 is 5.73 Å². The van der Waals surface area contributed by atoms with Crippen molar-refractivity contribution in [2.75, 3.05) is 6.54 Å². The maximum absolute atomic E-state index is 13.4. The molecule has 0 aliphatic carbocycles. The molecule has 0 fully saturated rings. The van der Waals surface area contributed by atoms with Crippen molar-refractivity contribution in [1.82, 2.24) is 19.5 Å². The summed E-state index contributed by atoms with van der Waals surface area (Å²) in [6, 6.07) is 6.30. The van der Waals surface area contributed by atoms with E-state index in [-0.39, 0.29) is 11.9 Å². The molecule has 9 heteroatoms. The Morgan fingerprint density at radius 1 is 1.22 bits per heavy atom. The summed E-state index contributed by atoms with van der Waals surface area (Å²) < 4.78 is 1.64. The molecule has 7 nitrogen and oxygen atoms in total. The number of rotatable bonds is 5. The van der Waals surface area contributed by atoms with Gasteiger partial charge in [0.2, 0.25) is 5.91 Å². The van der Waals surface area contributed by atoms with Gasteiger partial charge in [-0.2, -0.15) is 5.10 Å². The van der Waals surface area contributed by atoms with E-state index >= 15 is 0 Å². The van der Waals surface area contributed by atoms with Crippen molar-refractivity contribution in [3.05, 3.63) is 73.0 Å². The molecule has 1 aliphatic heterocycles. The number of aromatic nitrogens is 3. The Kier molecular flexibility index (Phi) is 5.30. The number of carbonyl (C=O) groups excluding carboxylic acids is 2. The molecule has 5 rings (SSSR count). The van der Waals surface area contributed by atoms with Gasteiger partial charge in [-0.05, 0) is 60.7 Å². The standard InChI is InChI=1S/C23H23N5O2S2/c1-13-15(14(2)28-23(26-13)17(12-25-28)22(24)30)5-6-20(29)27-9-7-18-16(8-11-32-18)21(27)19-4-3-10-31-19/h3-4,8,10-12,21H,5-7,9H2,1-2H3,(H2,24,30). The van der Waals surface area contributed by atoms with Crippen LogP contribution in [0, 0.1) is 13.8 Å². The molecule has 0 bridgehead atoms. The highest BCUT2D eigenvalue weighted by Gasteiger charge is 2.33. The highest BCUT2D eigenvalue weighted by atomic mass is 32.1. The van der Waals surface area contributed by atoms with Crippen LogP contribution in [0.25, 0.3) is 5.65 Å². The van der Waals surface area contributed by atoms with Gasteiger partial charge in [0.25, 0.3) is 5.91 Å². The second-order valence-corrected chi connectivity index (χ2v) is 9.95. The number of aryl methyl sites for hydroxylation is 2. The summed E-state index contributed by atoms with van der Waals surface area (Å²) in [6.45, 7) is 4.56. The molecule has 2 amide bonds. The van der Waals surface area contributed by atoms with E-state index in [9.17, 15) is 9.59 Å². The zero-order valence-corrected chi connectivity index (χ0v) is 19.5. The molecule has 164 valence electrons. The molecule has 5 heterocycles. The fraction of sp³-hybridized carbons (Fsp3) is 0.304. The van der Waals surface area contributed by atoms with Gasteiger partial charge in [-0.15, -0.1) is 22.7 Å². The third-order valence-electron chi connectivity index (χ3n) is 6.16. The normalized spacial score (nSPS) is 15.8. The van der Waals surface area contributed by atoms with Crippen LogP contribution >= 0.6 is 22.7 Å². The average Bonchev–Trinajstić information content (AvgIpc) is 3.52. The summed E-state index contributed by atoms with van der Waals surface area (Å²) in [5.74, 6) is -0.413. The van der Waals surface area contributed by atoms with Crippen LogP contribution in [0.1, 0.15) is 55.1 Å². The van der Waals surface area contributed by atoms with Crippen molar-refractivity contribution >= 4 is 40.1 Å². The third-order valence-corrected chi connectivity index (χ3v) is 8.08. The van der Waals surface area contributed by atoms with Gasteiger partial charge in [0.15, 0.2) is 5.65 Å². The lowest BCUT2D eigenvalue weighted by atomic mass is 9.97. The van der Waals surface area contributed by atoms with E-state index in [0.29, 0.717) is 24.1 Å². The lowest BCUT2D eigenvalue weighted by Gasteiger charge is -2.35. The van der Waals surface area contributed by atoms with Crippen molar-refractivity contribution in [2.24, 2.45) is 5.73 Å². The summed E-state index contributed by atoms with van der Waals surface area (Å²) in [5, 5.41) is 8.47. The van der Waals surface area contributed by atoms with Gasteiger partial charge >= 0.3 is 0 Å². The topological polar surface area (TPSA) is 93.6 Å². The Labute approximate surface area is 193 Å². The van der Waals surface area contributed by atoms with Crippen LogP contribution in [-0.4, -0.2) is 37.9 Å². The number of fused-ring (bicyclic) bond motifs is 2. The second kappa shape index (κ2) is 8.14. The second-order valence-electron chi connectivity index (χ2n) is 7.97. The largest absolute Gasteiger partial charge is 0.365 e. The summed E-state index contributed by atoms with van der Waals surface area (Å²) in [7, 11) is 0. The summed E-state index contributed by atoms with van der Waals surface area (Å²) >= 11 is 3.47. The maximum Gasteiger partial charge on any atom is 0.254 e. The highest BCUT2D eigenvalue weighted by molar-refractivity contribution is 7.10. The number of hydrogen-bond donors (Lipinski definition) is 1. The van der Waals surface area contributed by atoms with E-state index in [2.05, 4.69) is 33.0 Å². The van der Waals surface area contributed by atoms with Gasteiger partial charge in [0.1, 0.15) is 5.56 Å². The summed E-state index contributed by atoms with van der Waals surface area (Å²) in [4.78, 5) is 34.2. The van der Waals surface area contributed by atoms with E-state index in [1.165, 1.54) is 21.5 Å². The van der Waals surface area contributed by atoms with Gasteiger partial charge in [0.05, 0.1) is 12.2 Å². The van der Waals surface area contributed by atoms with Crippen LogP contribution in [0.4, 0.5) is 0 Å². The number of nitrogens with two attached hydrogens (primary N) is 1. The van der Waals surface area contributed by atoms with Gasteiger partial charge in [-0.3, -0.25) is 9.59 Å². The van der Waals surface area contributed by atoms with Crippen molar-refractivity contribution < 1.29 is 9.59 Å². The lowest BCUT2D eigenvalue weighted by Crippen LogP contribution is -2.39. The maximum atomic E-state index is 13.4. The minimum atomic E-state index is -0.549. The quantitative estimate of drug-likeness (QED) is 0.487. The Morgan fingerprint density at radius 3 is 2.81 bits per heavy atom. The summed E-state index contributed by atoms with van der Waals surface area (Å²) in [6.07, 6.45) is 3.30. The van der Waals surface area contributed by atoms with Gasteiger partial charge in [-0.1, -0.05) is 6.07 Å². The van der Waals surface area contributed by atoms with Crippen molar-refractivity contribution in [1.29, 1.82) is 0 Å². The number of amides is 2. The minimum Gasteiger partial charge on any atom is -0.365 e. The fourth-order valence-electron chi connectivity index (χ4n) is 4.56. The zero-order valence-electron chi connectivity index (χ0n) is 17.9. The molecular weight excluding hydrogens is 442 g/mol. The van der Waals surface area contributed by atoms with Crippen molar-refractivity contribution in [3.63, 3.8) is 0 Å². The number of primary amides is 1. The SMILES string of the molecule is Cc1nc2c(C(N)=O)cnn2c(C)c1CCC(=O)N1CCc2sccc2C1c1cccs1. The lowest BCUT2D eigenvalue weighted by molar-refractivity contribution is -0.133. The van der Waals surface area contributed by atoms with Gasteiger partial charge < -0.3 is 10.6 Å². The Hall–Kier alpha value is -3.04. The first kappa shape index (κ1) is 20.8. The fourth-order valence-corrected chi connectivity index (χ4v) is 6.32. The molecule has 0 saturated carbocycles. The molecule has 32 heavy (non-hydrogen) atoms. The Morgan fingerprint density at radius 2 is 2.06 bits per heavy atom. The summed E-state index contributed by atoms with van der Waals surface area (Å²) in [5.41, 5.74) is 10.1. The Bertz CT molecular complexity index is 1320. The molecule has 1 aliphatic rings. The molecule has 1 atom stereocenters. The van der Waals surface area contributed by atoms with E-state index in [0.717, 1.165) is 29.9 Å². The average molecular weight is 466 g/mol. The first-order chi connectivity index (χ1) is 15.5. The van der Waals surface area contributed by atoms with Crippen LogP contribution in [0.3, 0.4) is 0 Å². The molecule has 4 aromatic rings. The zero-order chi connectivity index (χ0) is 22.4. The molecule has 0 spiro atoms. The van der Waals surface area contributed by atoms with Crippen LogP contribution in [0.5, 0.6) is 0 Å². The first-order valence-corrected chi connectivity index (χ1v) is 12.2. The van der Waals surface area contributed by atoms with Gasteiger partial charge in [-0.25, -0.2) is 9.50 Å². The van der Waals surface area contributed by atoms with Crippen LogP contribution in [-0.2, 0) is 17.6 Å². The molecule has 0 aromatic carbocycles. The third kappa shape index (κ3) is 3.41. The molecule has 4 aromatic heterocycles. The molecule has 0 saturated heterocycles. The highest BCUT2D eigenvalue weighted by Crippen LogP contribution is 2.39. The predicted molar refractivity (Wildman–Crippen MR) is 125 cm³/mol. The predicted octanol–water partition coefficient (Wildman–Crippen LogP) is 3.67. The van der Waals surface area contributed by atoms with E-state index in [4.69, 9.17) is 5.73 Å². The van der Waals surface area contributed by atoms with E-state index in [1.807, 2.05) is 24.8 Å². The smallest absolute Gasteiger partial charge is 0.254 e. The minimum absolute atomic E-state index is 0.00969. The molecule has 2 N–H and O–H groups in total. The van der Waals surface area contributed by atoms with E-state index in [1.54, 1.807) is 27.2 Å². The number of hydrogen-bond acceptors (Lipinski definition) is 6. The van der Waals surface area contributed by atoms with Crippen molar-refractivity contribution in [2.45, 2.75) is 39.2 Å². The van der Waals surface area contributed by atoms with Gasteiger partial charge in [0, 0.05) is 34.1 Å². The number of carbonyl (C=O) groups is 2. The first-order valence-electron chi connectivity index (χ1n) is 10.5. The number of thiophene rings is 2. The number of nitrogens with zero attached hydrogens (tertiary/aromatic N) is 4. The van der Waals surface area contributed by atoms with E-state index < -0.39 is 5.91 Å².